The molecule has 3 heteroatoms. The number of ether oxygens (including phenoxy) is 1. The maximum Gasteiger partial charge on any atom is 0.120 e. The molecule has 0 saturated heterocycles. The fraction of sp³-hybridized carbons (Fsp3) is 0.333. The second-order valence-corrected chi connectivity index (χ2v) is 3.67. The minimum Gasteiger partial charge on any atom is -0.497 e. The number of hydrogen-bond acceptors (Lipinski definition) is 2. The van der Waals surface area contributed by atoms with Crippen LogP contribution in [-0.2, 0) is 0 Å². The number of aromatic amines is 1. The third-order valence-electron chi connectivity index (χ3n) is 2.76. The van der Waals surface area contributed by atoms with Gasteiger partial charge in [0.05, 0.1) is 7.11 Å². The highest BCUT2D eigenvalue weighted by molar-refractivity contribution is 5.84. The first-order chi connectivity index (χ1) is 7.26. The molecule has 80 valence electrons. The van der Waals surface area contributed by atoms with Crippen molar-refractivity contribution in [1.29, 1.82) is 0 Å². The second-order valence-electron chi connectivity index (χ2n) is 3.67. The molecule has 3 N–H and O–H groups in total. The van der Waals surface area contributed by atoms with Crippen LogP contribution in [-0.4, -0.2) is 12.1 Å². The quantitative estimate of drug-likeness (QED) is 0.807. The summed E-state index contributed by atoms with van der Waals surface area (Å²) in [5, 5.41) is 1.19. The lowest BCUT2D eigenvalue weighted by molar-refractivity contribution is 0.415. The third kappa shape index (κ3) is 1.70. The average Bonchev–Trinajstić information content (AvgIpc) is 2.70. The molecular formula is C12H16N2O. The molecule has 1 atom stereocenters. The van der Waals surface area contributed by atoms with Gasteiger partial charge in [0.15, 0.2) is 0 Å². The Balaban J connectivity index is 2.52. The van der Waals surface area contributed by atoms with Gasteiger partial charge in [-0.3, -0.25) is 0 Å². The molecule has 0 fully saturated rings. The van der Waals surface area contributed by atoms with Gasteiger partial charge in [-0.05, 0) is 24.1 Å². The van der Waals surface area contributed by atoms with E-state index < -0.39 is 0 Å². The molecule has 1 aromatic carbocycles. The molecule has 0 aliphatic rings. The SMILES string of the molecule is CCC(N)c1c[nH]c2cc(OC)ccc12. The van der Waals surface area contributed by atoms with E-state index in [0.29, 0.717) is 0 Å². The van der Waals surface area contributed by atoms with Crippen molar-refractivity contribution in [2.45, 2.75) is 19.4 Å². The number of aromatic nitrogens is 1. The van der Waals surface area contributed by atoms with Crippen LogP contribution in [0.4, 0.5) is 0 Å². The molecule has 0 aliphatic heterocycles. The molecule has 2 aromatic rings. The zero-order chi connectivity index (χ0) is 10.8. The second kappa shape index (κ2) is 3.95. The summed E-state index contributed by atoms with van der Waals surface area (Å²) in [5.74, 6) is 0.862. The van der Waals surface area contributed by atoms with Crippen molar-refractivity contribution in [2.75, 3.05) is 7.11 Å². The number of H-pyrrole nitrogens is 1. The lowest BCUT2D eigenvalue weighted by Gasteiger charge is -2.07. The fourth-order valence-electron chi connectivity index (χ4n) is 1.78. The van der Waals surface area contributed by atoms with Crippen molar-refractivity contribution < 1.29 is 4.74 Å². The third-order valence-corrected chi connectivity index (χ3v) is 2.76. The summed E-state index contributed by atoms with van der Waals surface area (Å²) in [6.07, 6.45) is 2.93. The van der Waals surface area contributed by atoms with E-state index in [1.54, 1.807) is 7.11 Å². The lowest BCUT2D eigenvalue weighted by atomic mass is 10.0. The summed E-state index contributed by atoms with van der Waals surface area (Å²) in [5.41, 5.74) is 8.28. The predicted octanol–water partition coefficient (Wildman–Crippen LogP) is 2.59. The Bertz CT molecular complexity index is 462. The lowest BCUT2D eigenvalue weighted by Crippen LogP contribution is -2.07. The van der Waals surface area contributed by atoms with Gasteiger partial charge in [-0.25, -0.2) is 0 Å². The largest absolute Gasteiger partial charge is 0.497 e. The van der Waals surface area contributed by atoms with E-state index in [2.05, 4.69) is 18.0 Å². The number of methoxy groups -OCH3 is 1. The minimum absolute atomic E-state index is 0.104. The van der Waals surface area contributed by atoms with Crippen LogP contribution in [0, 0.1) is 0 Å². The molecule has 1 unspecified atom stereocenters. The molecule has 0 aliphatic carbocycles. The number of hydrogen-bond donors (Lipinski definition) is 2. The average molecular weight is 204 g/mol. The van der Waals surface area contributed by atoms with Gasteiger partial charge < -0.3 is 15.5 Å². The maximum atomic E-state index is 6.02. The van der Waals surface area contributed by atoms with E-state index in [1.165, 1.54) is 10.9 Å². The van der Waals surface area contributed by atoms with Crippen molar-refractivity contribution in [2.24, 2.45) is 5.73 Å². The zero-order valence-corrected chi connectivity index (χ0v) is 9.08. The van der Waals surface area contributed by atoms with Gasteiger partial charge in [-0.2, -0.15) is 0 Å². The highest BCUT2D eigenvalue weighted by Gasteiger charge is 2.09. The van der Waals surface area contributed by atoms with Crippen molar-refractivity contribution >= 4 is 10.9 Å². The van der Waals surface area contributed by atoms with E-state index >= 15 is 0 Å². The molecule has 3 nitrogen and oxygen atoms in total. The Morgan fingerprint density at radius 1 is 1.47 bits per heavy atom. The maximum absolute atomic E-state index is 6.02. The zero-order valence-electron chi connectivity index (χ0n) is 9.08. The first kappa shape index (κ1) is 10.1. The number of nitrogens with one attached hydrogen (secondary N) is 1. The highest BCUT2D eigenvalue weighted by Crippen LogP contribution is 2.27. The van der Waals surface area contributed by atoms with Crippen molar-refractivity contribution in [3.63, 3.8) is 0 Å². The summed E-state index contributed by atoms with van der Waals surface area (Å²) < 4.78 is 5.17. The van der Waals surface area contributed by atoms with Crippen LogP contribution in [0.3, 0.4) is 0 Å². The van der Waals surface area contributed by atoms with Gasteiger partial charge in [0.2, 0.25) is 0 Å². The standard InChI is InChI=1S/C12H16N2O/c1-3-11(13)10-7-14-12-6-8(15-2)4-5-9(10)12/h4-7,11,14H,3,13H2,1-2H3. The van der Waals surface area contributed by atoms with Crippen LogP contribution in [0.2, 0.25) is 0 Å². The summed E-state index contributed by atoms with van der Waals surface area (Å²) in [4.78, 5) is 3.22. The first-order valence-corrected chi connectivity index (χ1v) is 5.17. The fourth-order valence-corrected chi connectivity index (χ4v) is 1.78. The summed E-state index contributed by atoms with van der Waals surface area (Å²) in [6.45, 7) is 2.09. The molecule has 0 spiro atoms. The first-order valence-electron chi connectivity index (χ1n) is 5.17. The molecule has 0 bridgehead atoms. The van der Waals surface area contributed by atoms with Gasteiger partial charge in [0.25, 0.3) is 0 Å². The smallest absolute Gasteiger partial charge is 0.120 e. The van der Waals surface area contributed by atoms with Crippen LogP contribution in [0.5, 0.6) is 5.75 Å². The highest BCUT2D eigenvalue weighted by atomic mass is 16.5. The van der Waals surface area contributed by atoms with E-state index in [-0.39, 0.29) is 6.04 Å². The summed E-state index contributed by atoms with van der Waals surface area (Å²) in [7, 11) is 1.67. The van der Waals surface area contributed by atoms with E-state index in [0.717, 1.165) is 17.7 Å². The Hall–Kier alpha value is -1.48. The molecule has 0 saturated carbocycles. The van der Waals surface area contributed by atoms with Crippen LogP contribution >= 0.6 is 0 Å². The topological polar surface area (TPSA) is 51.0 Å². The summed E-state index contributed by atoms with van der Waals surface area (Å²) >= 11 is 0. The van der Waals surface area contributed by atoms with E-state index in [1.807, 2.05) is 18.3 Å². The van der Waals surface area contributed by atoms with Gasteiger partial charge in [0, 0.05) is 29.2 Å². The number of fused-ring (bicyclic) bond motifs is 1. The molecule has 1 heterocycles. The van der Waals surface area contributed by atoms with Crippen LogP contribution in [0.1, 0.15) is 24.9 Å². The predicted molar refractivity (Wildman–Crippen MR) is 62.1 cm³/mol. The molecular weight excluding hydrogens is 188 g/mol. The van der Waals surface area contributed by atoms with E-state index in [9.17, 15) is 0 Å². The number of rotatable bonds is 3. The monoisotopic (exact) mass is 204 g/mol. The molecule has 2 rings (SSSR count). The molecule has 0 radical (unpaired) electrons. The minimum atomic E-state index is 0.104. The van der Waals surface area contributed by atoms with Crippen molar-refractivity contribution in [1.82, 2.24) is 4.98 Å². The summed E-state index contributed by atoms with van der Waals surface area (Å²) in [6, 6.07) is 6.10. The van der Waals surface area contributed by atoms with Gasteiger partial charge in [-0.1, -0.05) is 6.92 Å². The van der Waals surface area contributed by atoms with Crippen molar-refractivity contribution in [3.05, 3.63) is 30.0 Å². The van der Waals surface area contributed by atoms with Gasteiger partial charge in [-0.15, -0.1) is 0 Å². The van der Waals surface area contributed by atoms with E-state index in [4.69, 9.17) is 10.5 Å². The van der Waals surface area contributed by atoms with Gasteiger partial charge >= 0.3 is 0 Å². The molecule has 0 amide bonds. The van der Waals surface area contributed by atoms with Gasteiger partial charge in [0.1, 0.15) is 5.75 Å². The Morgan fingerprint density at radius 3 is 2.93 bits per heavy atom. The Labute approximate surface area is 89.2 Å². The molecule has 15 heavy (non-hydrogen) atoms. The molecule has 1 aromatic heterocycles. The normalized spacial score (nSPS) is 13.0. The Kier molecular flexibility index (Phi) is 2.64. The van der Waals surface area contributed by atoms with Crippen LogP contribution < -0.4 is 10.5 Å². The Morgan fingerprint density at radius 2 is 2.27 bits per heavy atom. The number of benzene rings is 1. The van der Waals surface area contributed by atoms with Crippen LogP contribution in [0.25, 0.3) is 10.9 Å². The van der Waals surface area contributed by atoms with Crippen LogP contribution in [0.15, 0.2) is 24.4 Å². The number of nitrogens with two attached hydrogens (primary N) is 1. The van der Waals surface area contributed by atoms with Crippen molar-refractivity contribution in [3.8, 4) is 5.75 Å².